The number of hydrogen-bond donors (Lipinski definition) is 2. The fraction of sp³-hybridized carbons (Fsp3) is 0.250. The largest absolute Gasteiger partial charge is 0.350 e. The first-order valence-corrected chi connectivity index (χ1v) is 16.7. The number of carbonyl (C=O) groups excluding carboxylic acids is 2. The summed E-state index contributed by atoms with van der Waals surface area (Å²) in [5.41, 5.74) is 6.72. The van der Waals surface area contributed by atoms with Gasteiger partial charge >= 0.3 is 0 Å². The van der Waals surface area contributed by atoms with Gasteiger partial charge in [0.25, 0.3) is 5.91 Å². The molecule has 0 bridgehead atoms. The summed E-state index contributed by atoms with van der Waals surface area (Å²) in [6.07, 6.45) is 0.116. The monoisotopic (exact) mass is 622 g/mol. The summed E-state index contributed by atoms with van der Waals surface area (Å²) in [7, 11) is -3.29. The minimum Gasteiger partial charge on any atom is -0.350 e. The molecule has 232 valence electrons. The molecule has 0 aliphatic heterocycles. The van der Waals surface area contributed by atoms with Crippen molar-refractivity contribution in [1.29, 1.82) is 0 Å². The van der Waals surface area contributed by atoms with Crippen molar-refractivity contribution in [2.75, 3.05) is 11.1 Å². The molecule has 0 aliphatic carbocycles. The van der Waals surface area contributed by atoms with Crippen LogP contribution >= 0.6 is 0 Å². The zero-order valence-electron chi connectivity index (χ0n) is 26.2. The van der Waals surface area contributed by atoms with Gasteiger partial charge in [0.2, 0.25) is 5.91 Å². The number of nitrogens with zero attached hydrogens (tertiary/aromatic N) is 2. The topological polar surface area (TPSA) is 110 Å². The van der Waals surface area contributed by atoms with Gasteiger partial charge in [0.15, 0.2) is 9.84 Å². The van der Waals surface area contributed by atoms with Gasteiger partial charge in [0.05, 0.1) is 34.1 Å². The third-order valence-electron chi connectivity index (χ3n) is 7.77. The van der Waals surface area contributed by atoms with Crippen molar-refractivity contribution in [1.82, 2.24) is 14.9 Å². The van der Waals surface area contributed by atoms with Crippen LogP contribution in [0, 0.1) is 6.92 Å². The number of imidazole rings is 1. The van der Waals surface area contributed by atoms with E-state index in [9.17, 15) is 18.0 Å². The van der Waals surface area contributed by atoms with E-state index in [1.54, 1.807) is 31.2 Å². The van der Waals surface area contributed by atoms with Gasteiger partial charge in [-0.05, 0) is 93.4 Å². The van der Waals surface area contributed by atoms with Crippen LogP contribution in [0.15, 0.2) is 95.9 Å². The van der Waals surface area contributed by atoms with Crippen molar-refractivity contribution in [3.8, 4) is 11.4 Å². The Morgan fingerprint density at radius 3 is 2.16 bits per heavy atom. The number of hydrogen-bond acceptors (Lipinski definition) is 5. The molecular weight excluding hydrogens is 584 g/mol. The van der Waals surface area contributed by atoms with E-state index in [1.807, 2.05) is 56.3 Å². The molecule has 1 atom stereocenters. The Bertz CT molecular complexity index is 1940. The van der Waals surface area contributed by atoms with Gasteiger partial charge in [-0.3, -0.25) is 9.59 Å². The number of anilines is 1. The number of benzene rings is 4. The molecule has 8 nitrogen and oxygen atoms in total. The number of carbonyl (C=O) groups is 2. The van der Waals surface area contributed by atoms with E-state index in [-0.39, 0.29) is 41.0 Å². The molecule has 9 heteroatoms. The zero-order valence-corrected chi connectivity index (χ0v) is 27.0. The summed E-state index contributed by atoms with van der Waals surface area (Å²) < 4.78 is 26.3. The fourth-order valence-corrected chi connectivity index (χ4v) is 6.13. The lowest BCUT2D eigenvalue weighted by Gasteiger charge is -2.19. The molecular formula is C36H38N4O4S. The van der Waals surface area contributed by atoms with Gasteiger partial charge in [-0.2, -0.15) is 0 Å². The van der Waals surface area contributed by atoms with Gasteiger partial charge in [-0.25, -0.2) is 13.4 Å². The molecule has 0 spiro atoms. The summed E-state index contributed by atoms with van der Waals surface area (Å²) in [4.78, 5) is 30.8. The van der Waals surface area contributed by atoms with Crippen LogP contribution in [0.4, 0.5) is 5.69 Å². The lowest BCUT2D eigenvalue weighted by molar-refractivity contribution is -0.115. The van der Waals surface area contributed by atoms with Crippen LogP contribution in [-0.4, -0.2) is 41.6 Å². The number of aryl methyl sites for hydroxylation is 1. The smallest absolute Gasteiger partial charge is 0.251 e. The first-order valence-electron chi connectivity index (χ1n) is 15.1. The summed E-state index contributed by atoms with van der Waals surface area (Å²) in [5, 5.41) is 5.87. The SMILES string of the molecule is CCS(=O)(=O)c1ccc(CC(=O)Nc2ccc(-c3nc4cc(C(=O)NC(C)C)ccc4n3[C@H](C)c3ccc(C)cc3)cc2)cc1. The van der Waals surface area contributed by atoms with E-state index < -0.39 is 9.84 Å². The summed E-state index contributed by atoms with van der Waals surface area (Å²) in [6, 6.07) is 28.0. The summed E-state index contributed by atoms with van der Waals surface area (Å²) in [6.45, 7) is 9.66. The van der Waals surface area contributed by atoms with Gasteiger partial charge in [-0.15, -0.1) is 0 Å². The number of fused-ring (bicyclic) bond motifs is 1. The van der Waals surface area contributed by atoms with Crippen molar-refractivity contribution >= 4 is 38.4 Å². The molecule has 1 aromatic heterocycles. The number of aromatic nitrogens is 2. The maximum absolute atomic E-state index is 12.8. The van der Waals surface area contributed by atoms with Crippen LogP contribution in [0.1, 0.15) is 60.8 Å². The van der Waals surface area contributed by atoms with Gasteiger partial charge in [0.1, 0.15) is 5.82 Å². The highest BCUT2D eigenvalue weighted by atomic mass is 32.2. The highest BCUT2D eigenvalue weighted by Gasteiger charge is 2.20. The molecule has 4 aromatic carbocycles. The predicted octanol–water partition coefficient (Wildman–Crippen LogP) is 6.73. The third-order valence-corrected chi connectivity index (χ3v) is 9.52. The van der Waals surface area contributed by atoms with Crippen molar-refractivity contribution in [2.45, 2.75) is 58.0 Å². The average molecular weight is 623 g/mol. The minimum atomic E-state index is -3.29. The van der Waals surface area contributed by atoms with E-state index in [2.05, 4.69) is 53.3 Å². The second-order valence-corrected chi connectivity index (χ2v) is 13.9. The fourth-order valence-electron chi connectivity index (χ4n) is 5.25. The Balaban J connectivity index is 1.42. The van der Waals surface area contributed by atoms with Crippen molar-refractivity contribution in [3.63, 3.8) is 0 Å². The molecule has 1 heterocycles. The summed E-state index contributed by atoms with van der Waals surface area (Å²) >= 11 is 0. The zero-order chi connectivity index (χ0) is 32.3. The van der Waals surface area contributed by atoms with E-state index in [1.165, 1.54) is 5.56 Å². The van der Waals surface area contributed by atoms with Gasteiger partial charge in [-0.1, -0.05) is 48.9 Å². The molecule has 0 saturated carbocycles. The molecule has 0 fully saturated rings. The normalized spacial score (nSPS) is 12.3. The lowest BCUT2D eigenvalue weighted by Crippen LogP contribution is -2.29. The molecule has 2 amide bonds. The second-order valence-electron chi connectivity index (χ2n) is 11.6. The maximum atomic E-state index is 12.8. The molecule has 0 unspecified atom stereocenters. The number of amides is 2. The van der Waals surface area contributed by atoms with Crippen LogP contribution in [0.3, 0.4) is 0 Å². The molecule has 5 aromatic rings. The number of nitrogens with one attached hydrogen (secondary N) is 2. The van der Waals surface area contributed by atoms with E-state index in [0.717, 1.165) is 33.5 Å². The molecule has 0 radical (unpaired) electrons. The minimum absolute atomic E-state index is 0.0204. The first-order chi connectivity index (χ1) is 21.4. The van der Waals surface area contributed by atoms with Crippen molar-refractivity contribution < 1.29 is 18.0 Å². The van der Waals surface area contributed by atoms with Crippen LogP contribution in [0.25, 0.3) is 22.4 Å². The van der Waals surface area contributed by atoms with E-state index in [4.69, 9.17) is 4.98 Å². The average Bonchev–Trinajstić information content (AvgIpc) is 3.40. The molecule has 2 N–H and O–H groups in total. The highest BCUT2D eigenvalue weighted by Crippen LogP contribution is 2.33. The Labute approximate surface area is 264 Å². The quantitative estimate of drug-likeness (QED) is 0.179. The van der Waals surface area contributed by atoms with Crippen LogP contribution in [0.2, 0.25) is 0 Å². The van der Waals surface area contributed by atoms with Crippen molar-refractivity contribution in [3.05, 3.63) is 113 Å². The molecule has 0 saturated heterocycles. The van der Waals surface area contributed by atoms with Gasteiger partial charge in [0, 0.05) is 22.9 Å². The van der Waals surface area contributed by atoms with Crippen LogP contribution in [-0.2, 0) is 21.1 Å². The molecule has 0 aliphatic rings. The standard InChI is InChI=1S/C36H38N4O4S/c1-6-45(43,44)31-18-9-26(10-19-31)21-34(41)38-30-16-13-28(14-17-30)35-39-32-22-29(36(42)37-23(2)3)15-20-33(32)40(35)25(5)27-11-7-24(4)8-12-27/h7-20,22-23,25H,6,21H2,1-5H3,(H,37,42)(H,38,41)/t25-/m1/s1. The van der Waals surface area contributed by atoms with E-state index >= 15 is 0 Å². The molecule has 45 heavy (non-hydrogen) atoms. The Hall–Kier alpha value is -4.76. The van der Waals surface area contributed by atoms with Crippen LogP contribution < -0.4 is 10.6 Å². The lowest BCUT2D eigenvalue weighted by atomic mass is 10.1. The highest BCUT2D eigenvalue weighted by molar-refractivity contribution is 7.91. The molecule has 5 rings (SSSR count). The van der Waals surface area contributed by atoms with Gasteiger partial charge < -0.3 is 15.2 Å². The third kappa shape index (κ3) is 7.15. The summed E-state index contributed by atoms with van der Waals surface area (Å²) in [5.74, 6) is 0.429. The Morgan fingerprint density at radius 1 is 0.867 bits per heavy atom. The van der Waals surface area contributed by atoms with Crippen molar-refractivity contribution in [2.24, 2.45) is 0 Å². The number of rotatable bonds is 10. The first kappa shape index (κ1) is 31.7. The Morgan fingerprint density at radius 2 is 1.53 bits per heavy atom. The van der Waals surface area contributed by atoms with E-state index in [0.29, 0.717) is 11.3 Å². The number of sulfone groups is 1. The predicted molar refractivity (Wildman–Crippen MR) is 179 cm³/mol. The maximum Gasteiger partial charge on any atom is 0.251 e. The second kappa shape index (κ2) is 13.1. The van der Waals surface area contributed by atoms with Crippen LogP contribution in [0.5, 0.6) is 0 Å². The Kier molecular flexibility index (Phi) is 9.20.